The molecule has 5 nitrogen and oxygen atoms in total. The second-order valence-corrected chi connectivity index (χ2v) is 4.02. The third-order valence-electron chi connectivity index (χ3n) is 1.09. The lowest BCUT2D eigenvalue weighted by molar-refractivity contribution is -0.115. The zero-order valence-corrected chi connectivity index (χ0v) is 7.44. The Balaban J connectivity index is 4.40. The second-order valence-electron chi connectivity index (χ2n) is 2.00. The molecular formula is C6H10N2O3S. The summed E-state index contributed by atoms with van der Waals surface area (Å²) in [6.45, 7) is 4.58. The molecule has 6 heteroatoms. The third-order valence-corrected chi connectivity index (χ3v) is 2.35. The lowest BCUT2D eigenvalue weighted by Gasteiger charge is -2.02. The zero-order valence-electron chi connectivity index (χ0n) is 6.62. The average Bonchev–Trinajstić information content (AvgIpc) is 2.02. The van der Waals surface area contributed by atoms with E-state index in [4.69, 9.17) is 5.41 Å². The molecule has 0 fully saturated rings. The van der Waals surface area contributed by atoms with E-state index in [-0.39, 0.29) is 11.3 Å². The van der Waals surface area contributed by atoms with Crippen molar-refractivity contribution in [2.45, 2.75) is 6.92 Å². The summed E-state index contributed by atoms with van der Waals surface area (Å²) < 4.78 is 23.3. The number of sulfonamides is 1. The van der Waals surface area contributed by atoms with Crippen LogP contribution >= 0.6 is 0 Å². The Labute approximate surface area is 71.0 Å². The van der Waals surface area contributed by atoms with Gasteiger partial charge in [0.2, 0.25) is 10.0 Å². The molecule has 0 atom stereocenters. The average molecular weight is 190 g/mol. The van der Waals surface area contributed by atoms with E-state index >= 15 is 0 Å². The lowest BCUT2D eigenvalue weighted by Crippen LogP contribution is -2.32. The van der Waals surface area contributed by atoms with Gasteiger partial charge < -0.3 is 5.41 Å². The SMILES string of the molecule is C=C(C=N)C(=O)NS(=O)(=O)CC. The van der Waals surface area contributed by atoms with Gasteiger partial charge in [-0.25, -0.2) is 13.1 Å². The van der Waals surface area contributed by atoms with Gasteiger partial charge >= 0.3 is 0 Å². The predicted molar refractivity (Wildman–Crippen MR) is 45.5 cm³/mol. The standard InChI is InChI=1S/C6H10N2O3S/c1-3-12(10,11)8-6(9)5(2)4-7/h4,7H,2-3H2,1H3,(H,8,9). The van der Waals surface area contributed by atoms with Crippen LogP contribution in [-0.4, -0.2) is 26.3 Å². The number of carbonyl (C=O) groups excluding carboxylic acids is 1. The van der Waals surface area contributed by atoms with Crippen LogP contribution in [0.1, 0.15) is 6.92 Å². The van der Waals surface area contributed by atoms with Crippen LogP contribution in [0.25, 0.3) is 0 Å². The van der Waals surface area contributed by atoms with Crippen molar-refractivity contribution < 1.29 is 13.2 Å². The Morgan fingerprint density at radius 1 is 1.67 bits per heavy atom. The lowest BCUT2D eigenvalue weighted by atomic mass is 10.3. The van der Waals surface area contributed by atoms with Crippen LogP contribution in [0.15, 0.2) is 12.2 Å². The summed E-state index contributed by atoms with van der Waals surface area (Å²) in [6, 6.07) is 0. The Morgan fingerprint density at radius 2 is 2.17 bits per heavy atom. The first-order valence-electron chi connectivity index (χ1n) is 3.17. The third kappa shape index (κ3) is 3.29. The van der Waals surface area contributed by atoms with Gasteiger partial charge in [-0.3, -0.25) is 4.79 Å². The Morgan fingerprint density at radius 3 is 2.50 bits per heavy atom. The van der Waals surface area contributed by atoms with Gasteiger partial charge in [0.05, 0.1) is 11.3 Å². The molecule has 0 aromatic carbocycles. The summed E-state index contributed by atoms with van der Waals surface area (Å²) >= 11 is 0. The molecule has 2 N–H and O–H groups in total. The number of carbonyl (C=O) groups is 1. The summed E-state index contributed by atoms with van der Waals surface area (Å²) in [7, 11) is -3.54. The number of hydrogen-bond acceptors (Lipinski definition) is 4. The summed E-state index contributed by atoms with van der Waals surface area (Å²) in [6.07, 6.45) is 0.695. The molecule has 0 aromatic rings. The molecule has 0 saturated carbocycles. The molecule has 0 unspecified atom stereocenters. The molecule has 0 rings (SSSR count). The van der Waals surface area contributed by atoms with E-state index < -0.39 is 15.9 Å². The normalized spacial score (nSPS) is 10.4. The van der Waals surface area contributed by atoms with E-state index in [2.05, 4.69) is 6.58 Å². The Bertz CT molecular complexity index is 305. The van der Waals surface area contributed by atoms with Crippen LogP contribution in [0.3, 0.4) is 0 Å². The largest absolute Gasteiger partial charge is 0.308 e. The fourth-order valence-electron chi connectivity index (χ4n) is 0.344. The minimum atomic E-state index is -3.54. The highest BCUT2D eigenvalue weighted by molar-refractivity contribution is 7.90. The van der Waals surface area contributed by atoms with Gasteiger partial charge in [-0.1, -0.05) is 6.58 Å². The molecule has 0 aliphatic rings. The van der Waals surface area contributed by atoms with Crippen LogP contribution < -0.4 is 4.72 Å². The number of hydrogen-bond donors (Lipinski definition) is 2. The van der Waals surface area contributed by atoms with Crippen LogP contribution in [0.5, 0.6) is 0 Å². The van der Waals surface area contributed by atoms with Crippen molar-refractivity contribution >= 4 is 22.1 Å². The molecular weight excluding hydrogens is 180 g/mol. The number of rotatable bonds is 4. The number of nitrogens with one attached hydrogen (secondary N) is 2. The van der Waals surface area contributed by atoms with Crippen LogP contribution in [0.4, 0.5) is 0 Å². The van der Waals surface area contributed by atoms with Gasteiger partial charge in [0.1, 0.15) is 0 Å². The fraction of sp³-hybridized carbons (Fsp3) is 0.333. The van der Waals surface area contributed by atoms with Crippen molar-refractivity contribution in [2.24, 2.45) is 0 Å². The molecule has 0 radical (unpaired) electrons. The molecule has 0 aliphatic carbocycles. The zero-order chi connectivity index (χ0) is 9.78. The van der Waals surface area contributed by atoms with E-state index in [1.54, 1.807) is 4.72 Å². The van der Waals surface area contributed by atoms with Crippen molar-refractivity contribution in [3.63, 3.8) is 0 Å². The quantitative estimate of drug-likeness (QED) is 0.469. The molecule has 0 aromatic heterocycles. The van der Waals surface area contributed by atoms with E-state index in [0.29, 0.717) is 6.21 Å². The summed E-state index contributed by atoms with van der Waals surface area (Å²) in [4.78, 5) is 10.8. The fourth-order valence-corrected chi connectivity index (χ4v) is 0.902. The topological polar surface area (TPSA) is 87.1 Å². The van der Waals surface area contributed by atoms with Crippen LogP contribution in [0, 0.1) is 5.41 Å². The van der Waals surface area contributed by atoms with Gasteiger partial charge in [-0.15, -0.1) is 0 Å². The van der Waals surface area contributed by atoms with Crippen molar-refractivity contribution in [1.29, 1.82) is 5.41 Å². The Hall–Kier alpha value is -1.17. The molecule has 68 valence electrons. The highest BCUT2D eigenvalue weighted by Crippen LogP contribution is 1.88. The van der Waals surface area contributed by atoms with Gasteiger partial charge in [0, 0.05) is 6.21 Å². The monoisotopic (exact) mass is 190 g/mol. The van der Waals surface area contributed by atoms with E-state index in [1.165, 1.54) is 6.92 Å². The van der Waals surface area contributed by atoms with Crippen molar-refractivity contribution in [3.05, 3.63) is 12.2 Å². The maximum absolute atomic E-state index is 10.8. The molecule has 12 heavy (non-hydrogen) atoms. The molecule has 0 bridgehead atoms. The van der Waals surface area contributed by atoms with Gasteiger partial charge in [0.15, 0.2) is 0 Å². The van der Waals surface area contributed by atoms with E-state index in [0.717, 1.165) is 0 Å². The molecule has 0 aliphatic heterocycles. The minimum absolute atomic E-state index is 0.177. The summed E-state index contributed by atoms with van der Waals surface area (Å²) in [5, 5.41) is 6.62. The van der Waals surface area contributed by atoms with Crippen LogP contribution in [-0.2, 0) is 14.8 Å². The molecule has 0 saturated heterocycles. The van der Waals surface area contributed by atoms with Gasteiger partial charge in [-0.2, -0.15) is 0 Å². The minimum Gasteiger partial charge on any atom is -0.308 e. The van der Waals surface area contributed by atoms with Crippen molar-refractivity contribution in [3.8, 4) is 0 Å². The second kappa shape index (κ2) is 4.01. The molecule has 0 spiro atoms. The highest BCUT2D eigenvalue weighted by atomic mass is 32.2. The van der Waals surface area contributed by atoms with Gasteiger partial charge in [-0.05, 0) is 6.92 Å². The first-order valence-corrected chi connectivity index (χ1v) is 4.82. The highest BCUT2D eigenvalue weighted by Gasteiger charge is 2.12. The molecule has 1 amide bonds. The Kier molecular flexibility index (Phi) is 3.62. The maximum atomic E-state index is 10.8. The van der Waals surface area contributed by atoms with Crippen LogP contribution in [0.2, 0.25) is 0 Å². The van der Waals surface area contributed by atoms with Crippen molar-refractivity contribution in [2.75, 3.05) is 5.75 Å². The summed E-state index contributed by atoms with van der Waals surface area (Å²) in [5.74, 6) is -1.03. The number of amides is 1. The van der Waals surface area contributed by atoms with Gasteiger partial charge in [0.25, 0.3) is 5.91 Å². The van der Waals surface area contributed by atoms with E-state index in [9.17, 15) is 13.2 Å². The van der Waals surface area contributed by atoms with E-state index in [1.807, 2.05) is 0 Å². The smallest absolute Gasteiger partial charge is 0.265 e. The molecule has 0 heterocycles. The predicted octanol–water partition coefficient (Wildman–Crippen LogP) is -0.342. The first-order chi connectivity index (χ1) is 5.43. The first kappa shape index (κ1) is 10.8. The summed E-state index contributed by atoms with van der Waals surface area (Å²) in [5.41, 5.74) is -0.188. The van der Waals surface area contributed by atoms with Crippen molar-refractivity contribution in [1.82, 2.24) is 4.72 Å². The maximum Gasteiger partial charge on any atom is 0.265 e.